The van der Waals surface area contributed by atoms with Crippen LogP contribution < -0.4 is 10.6 Å². The Balaban J connectivity index is 1.87. The third kappa shape index (κ3) is 2.87. The maximum absolute atomic E-state index is 12.2. The normalized spacial score (nSPS) is 17.5. The Morgan fingerprint density at radius 2 is 2.10 bits per heavy atom. The van der Waals surface area contributed by atoms with Crippen molar-refractivity contribution in [3.05, 3.63) is 58.9 Å². The molecule has 3 rings (SSSR count). The average molecular weight is 302 g/mol. The third-order valence-corrected chi connectivity index (χ3v) is 3.50. The van der Waals surface area contributed by atoms with E-state index in [2.05, 4.69) is 15.6 Å². The van der Waals surface area contributed by atoms with E-state index in [1.807, 2.05) is 6.07 Å². The molecule has 1 aromatic heterocycles. The van der Waals surface area contributed by atoms with Gasteiger partial charge in [-0.15, -0.1) is 0 Å². The lowest BCUT2D eigenvalue weighted by atomic mass is 10.1. The summed E-state index contributed by atoms with van der Waals surface area (Å²) in [6.45, 7) is 0. The van der Waals surface area contributed by atoms with Gasteiger partial charge in [0.25, 0.3) is 5.91 Å². The zero-order chi connectivity index (χ0) is 14.8. The van der Waals surface area contributed by atoms with Gasteiger partial charge in [-0.25, -0.2) is 0 Å². The fourth-order valence-electron chi connectivity index (χ4n) is 2.24. The number of halogens is 1. The van der Waals surface area contributed by atoms with Crippen molar-refractivity contribution < 1.29 is 9.59 Å². The highest BCUT2D eigenvalue weighted by Crippen LogP contribution is 2.23. The number of amides is 2. The van der Waals surface area contributed by atoms with Crippen molar-refractivity contribution in [1.29, 1.82) is 0 Å². The second-order valence-electron chi connectivity index (χ2n) is 4.77. The van der Waals surface area contributed by atoms with Crippen LogP contribution in [0.15, 0.2) is 42.7 Å². The van der Waals surface area contributed by atoms with Crippen LogP contribution in [-0.2, 0) is 11.2 Å². The average Bonchev–Trinajstić information content (AvgIpc) is 2.57. The Bertz CT molecular complexity index is 703. The standard InChI is InChI=1S/C15H12ClN3O2/c16-10-3-4-11-12(7-10)18-15(21)13(19-14(11)20)6-9-2-1-5-17-8-9/h1-5,7-8,13H,6H2,(H,18,21)(H,19,20)/t13-/m1/s1. The van der Waals surface area contributed by atoms with Gasteiger partial charge in [0, 0.05) is 23.8 Å². The molecule has 0 unspecified atom stereocenters. The van der Waals surface area contributed by atoms with Crippen LogP contribution in [0.2, 0.25) is 5.02 Å². The summed E-state index contributed by atoms with van der Waals surface area (Å²) in [4.78, 5) is 28.5. The van der Waals surface area contributed by atoms with Crippen LogP contribution in [0.25, 0.3) is 0 Å². The van der Waals surface area contributed by atoms with E-state index in [-0.39, 0.29) is 11.8 Å². The number of pyridine rings is 1. The van der Waals surface area contributed by atoms with Gasteiger partial charge in [-0.1, -0.05) is 17.7 Å². The minimum atomic E-state index is -0.645. The lowest BCUT2D eigenvalue weighted by molar-refractivity contribution is -0.117. The van der Waals surface area contributed by atoms with Gasteiger partial charge in [-0.2, -0.15) is 0 Å². The van der Waals surface area contributed by atoms with E-state index >= 15 is 0 Å². The highest BCUT2D eigenvalue weighted by Gasteiger charge is 2.28. The molecule has 0 saturated carbocycles. The Labute approximate surface area is 126 Å². The van der Waals surface area contributed by atoms with Gasteiger partial charge >= 0.3 is 0 Å². The number of benzene rings is 1. The first-order valence-electron chi connectivity index (χ1n) is 6.43. The first kappa shape index (κ1) is 13.6. The largest absolute Gasteiger partial charge is 0.340 e. The van der Waals surface area contributed by atoms with Crippen LogP contribution in [-0.4, -0.2) is 22.8 Å². The number of hydrogen-bond acceptors (Lipinski definition) is 3. The molecule has 0 fully saturated rings. The maximum Gasteiger partial charge on any atom is 0.254 e. The van der Waals surface area contributed by atoms with Gasteiger partial charge in [0.1, 0.15) is 6.04 Å². The Hall–Kier alpha value is -2.40. The first-order valence-corrected chi connectivity index (χ1v) is 6.81. The number of carbonyl (C=O) groups excluding carboxylic acids is 2. The summed E-state index contributed by atoms with van der Waals surface area (Å²) in [6, 6.07) is 7.79. The van der Waals surface area contributed by atoms with Crippen LogP contribution in [0.4, 0.5) is 5.69 Å². The molecule has 2 N–H and O–H groups in total. The predicted molar refractivity (Wildman–Crippen MR) is 79.3 cm³/mol. The summed E-state index contributed by atoms with van der Waals surface area (Å²) >= 11 is 5.90. The molecule has 0 radical (unpaired) electrons. The summed E-state index contributed by atoms with van der Waals surface area (Å²) < 4.78 is 0. The Kier molecular flexibility index (Phi) is 3.58. The number of anilines is 1. The van der Waals surface area contributed by atoms with Crippen LogP contribution in [0.3, 0.4) is 0 Å². The van der Waals surface area contributed by atoms with Crippen molar-refractivity contribution in [1.82, 2.24) is 10.3 Å². The van der Waals surface area contributed by atoms with E-state index in [0.29, 0.717) is 22.7 Å². The highest BCUT2D eigenvalue weighted by molar-refractivity contribution is 6.31. The molecule has 2 amide bonds. The van der Waals surface area contributed by atoms with E-state index in [1.54, 1.807) is 36.7 Å². The molecule has 2 aromatic rings. The second-order valence-corrected chi connectivity index (χ2v) is 5.21. The molecule has 0 bridgehead atoms. The van der Waals surface area contributed by atoms with Crippen molar-refractivity contribution in [2.24, 2.45) is 0 Å². The lowest BCUT2D eigenvalue weighted by Gasteiger charge is -2.14. The third-order valence-electron chi connectivity index (χ3n) is 3.27. The fraction of sp³-hybridized carbons (Fsp3) is 0.133. The quantitative estimate of drug-likeness (QED) is 0.891. The SMILES string of the molecule is O=C1N[C@H](Cc2cccnc2)C(=O)Nc2cc(Cl)ccc21. The van der Waals surface area contributed by atoms with Gasteiger partial charge in [0.05, 0.1) is 11.3 Å². The molecular formula is C15H12ClN3O2. The molecule has 2 heterocycles. The summed E-state index contributed by atoms with van der Waals surface area (Å²) in [6.07, 6.45) is 3.72. The Morgan fingerprint density at radius 1 is 1.24 bits per heavy atom. The minimum absolute atomic E-state index is 0.270. The van der Waals surface area contributed by atoms with Gasteiger partial charge < -0.3 is 10.6 Å². The van der Waals surface area contributed by atoms with Crippen LogP contribution in [0, 0.1) is 0 Å². The zero-order valence-corrected chi connectivity index (χ0v) is 11.7. The molecule has 0 spiro atoms. The summed E-state index contributed by atoms with van der Waals surface area (Å²) in [7, 11) is 0. The topological polar surface area (TPSA) is 71.1 Å². The second kappa shape index (κ2) is 5.54. The molecule has 0 saturated heterocycles. The highest BCUT2D eigenvalue weighted by atomic mass is 35.5. The van der Waals surface area contributed by atoms with Crippen molar-refractivity contribution in [2.75, 3.05) is 5.32 Å². The molecule has 0 aliphatic carbocycles. The van der Waals surface area contributed by atoms with Gasteiger partial charge in [-0.05, 0) is 29.8 Å². The molecule has 1 aliphatic rings. The molecule has 5 nitrogen and oxygen atoms in total. The van der Waals surface area contributed by atoms with E-state index in [9.17, 15) is 9.59 Å². The van der Waals surface area contributed by atoms with Crippen LogP contribution in [0.5, 0.6) is 0 Å². The van der Waals surface area contributed by atoms with E-state index in [0.717, 1.165) is 5.56 Å². The van der Waals surface area contributed by atoms with Crippen LogP contribution >= 0.6 is 11.6 Å². The van der Waals surface area contributed by atoms with E-state index in [4.69, 9.17) is 11.6 Å². The zero-order valence-electron chi connectivity index (χ0n) is 11.0. The number of rotatable bonds is 2. The molecule has 1 atom stereocenters. The van der Waals surface area contributed by atoms with Crippen molar-refractivity contribution in [2.45, 2.75) is 12.5 Å². The molecule has 1 aliphatic heterocycles. The number of nitrogens with zero attached hydrogens (tertiary/aromatic N) is 1. The van der Waals surface area contributed by atoms with Crippen molar-refractivity contribution in [3.8, 4) is 0 Å². The molecule has 6 heteroatoms. The molecular weight excluding hydrogens is 290 g/mol. The first-order chi connectivity index (χ1) is 10.1. The van der Waals surface area contributed by atoms with Gasteiger partial charge in [0.2, 0.25) is 5.91 Å². The molecule has 1 aromatic carbocycles. The van der Waals surface area contributed by atoms with E-state index in [1.165, 1.54) is 0 Å². The monoisotopic (exact) mass is 301 g/mol. The molecule has 21 heavy (non-hydrogen) atoms. The smallest absolute Gasteiger partial charge is 0.254 e. The number of aromatic nitrogens is 1. The van der Waals surface area contributed by atoms with Gasteiger partial charge in [0.15, 0.2) is 0 Å². The fourth-order valence-corrected chi connectivity index (χ4v) is 2.41. The van der Waals surface area contributed by atoms with Gasteiger partial charge in [-0.3, -0.25) is 14.6 Å². The number of fused-ring (bicyclic) bond motifs is 1. The lowest BCUT2D eigenvalue weighted by Crippen LogP contribution is -2.42. The number of carbonyl (C=O) groups is 2. The van der Waals surface area contributed by atoms with Crippen molar-refractivity contribution in [3.63, 3.8) is 0 Å². The maximum atomic E-state index is 12.2. The Morgan fingerprint density at radius 3 is 2.86 bits per heavy atom. The minimum Gasteiger partial charge on any atom is -0.340 e. The number of hydrogen-bond donors (Lipinski definition) is 2. The van der Waals surface area contributed by atoms with Crippen LogP contribution in [0.1, 0.15) is 15.9 Å². The number of nitrogens with one attached hydrogen (secondary N) is 2. The summed E-state index contributed by atoms with van der Waals surface area (Å²) in [5, 5.41) is 5.93. The summed E-state index contributed by atoms with van der Waals surface area (Å²) in [5.41, 5.74) is 1.71. The van der Waals surface area contributed by atoms with E-state index < -0.39 is 6.04 Å². The summed E-state index contributed by atoms with van der Waals surface area (Å²) in [5.74, 6) is -0.567. The molecule has 106 valence electrons. The van der Waals surface area contributed by atoms with Crippen molar-refractivity contribution >= 4 is 29.1 Å². The predicted octanol–water partition coefficient (Wildman–Crippen LogP) is 2.03.